The van der Waals surface area contributed by atoms with Crippen LogP contribution in [-0.2, 0) is 20.0 Å². The molecule has 0 saturated heterocycles. The zero-order chi connectivity index (χ0) is 12.3. The van der Waals surface area contributed by atoms with Crippen LogP contribution in [0.1, 0.15) is 10.4 Å². The summed E-state index contributed by atoms with van der Waals surface area (Å²) in [6.07, 6.45) is 3.78. The summed E-state index contributed by atoms with van der Waals surface area (Å²) in [7, 11) is -5.25. The van der Waals surface area contributed by atoms with Crippen molar-refractivity contribution in [2.45, 2.75) is 4.90 Å². The highest BCUT2D eigenvalue weighted by Gasteiger charge is 2.23. The number of rotatable bonds is 3. The van der Waals surface area contributed by atoms with E-state index in [1.54, 1.807) is 18.2 Å². The van der Waals surface area contributed by atoms with Gasteiger partial charge in [0, 0.05) is 10.9 Å². The number of hydrogen-bond acceptors (Lipinski definition) is 4. The molecule has 88 valence electrons. The lowest BCUT2D eigenvalue weighted by Gasteiger charge is -2.15. The van der Waals surface area contributed by atoms with E-state index in [0.717, 1.165) is 0 Å². The normalized spacial score (nSPS) is 14.6. The maximum Gasteiger partial charge on any atom is 0.349 e. The first kappa shape index (κ1) is 13.3. The largest absolute Gasteiger partial charge is 0.746 e. The molecule has 1 N–H and O–H groups in total. The minimum atomic E-state index is -5.03. The first-order chi connectivity index (χ1) is 7.31. The predicted octanol–water partition coefficient (Wildman–Crippen LogP) is 0.541. The molecule has 0 aliphatic rings. The van der Waals surface area contributed by atoms with Gasteiger partial charge in [0.05, 0.1) is 0 Å². The van der Waals surface area contributed by atoms with Gasteiger partial charge in [-0.1, -0.05) is 12.1 Å². The number of carbonyl (C=O) groups excluding carboxylic acids is 1. The van der Waals surface area contributed by atoms with Gasteiger partial charge in [0.1, 0.15) is 18.1 Å². The molecule has 0 spiro atoms. The van der Waals surface area contributed by atoms with Crippen molar-refractivity contribution in [3.63, 3.8) is 0 Å². The molecule has 0 aliphatic carbocycles. The number of phosphoric acid groups is 1. The van der Waals surface area contributed by atoms with Crippen molar-refractivity contribution in [1.82, 2.24) is 0 Å². The van der Waals surface area contributed by atoms with E-state index in [2.05, 4.69) is 4.52 Å². The van der Waals surface area contributed by atoms with Crippen molar-refractivity contribution >= 4 is 24.7 Å². The Morgan fingerprint density at radius 2 is 2.00 bits per heavy atom. The molecular formula is C9H11O5PS. The molecule has 0 bridgehead atoms. The minimum absolute atomic E-state index is 0.154. The topological polar surface area (TPSA) is 86.7 Å². The van der Waals surface area contributed by atoms with E-state index in [-0.39, 0.29) is 16.5 Å². The molecule has 0 aromatic heterocycles. The highest BCUT2D eigenvalue weighted by Crippen LogP contribution is 2.32. The van der Waals surface area contributed by atoms with Crippen molar-refractivity contribution in [2.75, 3.05) is 12.5 Å². The number of carbonyl (C=O) groups is 1. The van der Waals surface area contributed by atoms with Crippen molar-refractivity contribution < 1.29 is 23.7 Å². The van der Waals surface area contributed by atoms with E-state index >= 15 is 0 Å². The lowest BCUT2D eigenvalue weighted by Crippen LogP contribution is -2.13. The first-order valence-electron chi connectivity index (χ1n) is 4.25. The van der Waals surface area contributed by atoms with E-state index in [4.69, 9.17) is 4.89 Å². The summed E-state index contributed by atoms with van der Waals surface area (Å²) in [6, 6.07) is 6.52. The minimum Gasteiger partial charge on any atom is -0.746 e. The molecule has 0 amide bonds. The first-order valence-corrected chi connectivity index (χ1v) is 7.79. The Kier molecular flexibility index (Phi) is 4.15. The third kappa shape index (κ3) is 3.64. The van der Waals surface area contributed by atoms with Crippen LogP contribution in [0, 0.1) is 0 Å². The molecule has 1 rings (SSSR count). The maximum atomic E-state index is 11.4. The third-order valence-corrected chi connectivity index (χ3v) is 3.38. The van der Waals surface area contributed by atoms with Crippen molar-refractivity contribution in [3.8, 4) is 0 Å². The zero-order valence-corrected chi connectivity index (χ0v) is 10.5. The Hall–Kier alpha value is -0.810. The molecule has 16 heavy (non-hydrogen) atoms. The van der Waals surface area contributed by atoms with Gasteiger partial charge in [0.15, 0.2) is 4.90 Å². The number of phosphoric ester groups is 1. The summed E-state index contributed by atoms with van der Waals surface area (Å²) < 4.78 is 14.4. The van der Waals surface area contributed by atoms with E-state index in [9.17, 15) is 14.3 Å². The van der Waals surface area contributed by atoms with E-state index in [1.807, 2.05) is 12.5 Å². The van der Waals surface area contributed by atoms with Crippen LogP contribution in [0.5, 0.6) is 0 Å². The summed E-state index contributed by atoms with van der Waals surface area (Å²) in [4.78, 5) is 31.0. The Balaban J connectivity index is 3.04. The summed E-state index contributed by atoms with van der Waals surface area (Å²) in [5.41, 5.74) is 0.154. The Morgan fingerprint density at radius 1 is 1.44 bits per heavy atom. The fourth-order valence-electron chi connectivity index (χ4n) is 1.15. The fourth-order valence-corrected chi connectivity index (χ4v) is 2.40. The van der Waals surface area contributed by atoms with Gasteiger partial charge in [0.25, 0.3) is 0 Å². The van der Waals surface area contributed by atoms with Crippen LogP contribution in [0.2, 0.25) is 0 Å². The summed E-state index contributed by atoms with van der Waals surface area (Å²) >= 11 is 0. The quantitative estimate of drug-likeness (QED) is 0.634. The maximum absolute atomic E-state index is 11.4. The molecule has 0 heterocycles. The molecule has 0 fully saturated rings. The average Bonchev–Trinajstić information content (AvgIpc) is 2.15. The van der Waals surface area contributed by atoms with E-state index in [0.29, 0.717) is 4.90 Å². The molecule has 0 saturated carbocycles. The lowest BCUT2D eigenvalue weighted by atomic mass is 10.2. The van der Waals surface area contributed by atoms with Crippen LogP contribution in [-0.4, -0.2) is 23.4 Å². The van der Waals surface area contributed by atoms with Crippen molar-refractivity contribution in [3.05, 3.63) is 29.8 Å². The van der Waals surface area contributed by atoms with Crippen molar-refractivity contribution in [2.24, 2.45) is 0 Å². The van der Waals surface area contributed by atoms with E-state index < -0.39 is 13.8 Å². The smallest absolute Gasteiger partial charge is 0.349 e. The highest BCUT2D eigenvalue weighted by atomic mass is 32.2. The number of benzene rings is 1. The van der Waals surface area contributed by atoms with Crippen LogP contribution in [0.25, 0.3) is 0 Å². The highest BCUT2D eigenvalue weighted by molar-refractivity contribution is 7.95. The van der Waals surface area contributed by atoms with Crippen LogP contribution in [0.4, 0.5) is 0 Å². The monoisotopic (exact) mass is 262 g/mol. The van der Waals surface area contributed by atoms with Gasteiger partial charge in [-0.05, 0) is 12.1 Å². The van der Waals surface area contributed by atoms with Crippen LogP contribution in [0.15, 0.2) is 29.2 Å². The zero-order valence-electron chi connectivity index (χ0n) is 8.75. The van der Waals surface area contributed by atoms with Crippen LogP contribution < -0.4 is 4.89 Å². The molecular weight excluding hydrogens is 251 g/mol. The van der Waals surface area contributed by atoms with Gasteiger partial charge in [-0.25, -0.2) is 4.79 Å². The number of hydrogen-bond donors (Lipinski definition) is 1. The van der Waals surface area contributed by atoms with Gasteiger partial charge in [-0.3, -0.25) is 4.57 Å². The molecule has 1 atom stereocenters. The SMILES string of the molecule is C[S+](C)c1ccccc1C(=O)OP(=O)([O-])O. The predicted molar refractivity (Wildman–Crippen MR) is 59.2 cm³/mol. The van der Waals surface area contributed by atoms with E-state index in [1.165, 1.54) is 6.07 Å². The second-order valence-corrected chi connectivity index (χ2v) is 6.35. The molecule has 1 unspecified atom stereocenters. The second kappa shape index (κ2) is 5.01. The standard InChI is InChI=1S/C9H11O5PS/c1-16(2)8-6-4-3-5-7(8)9(10)14-15(11,12)13/h3-6H,1-2H3,(H-,11,12,13). The Bertz CT molecular complexity index is 439. The van der Waals surface area contributed by atoms with Crippen molar-refractivity contribution in [1.29, 1.82) is 0 Å². The average molecular weight is 262 g/mol. The van der Waals surface area contributed by atoms with Crippen LogP contribution >= 0.6 is 7.82 Å². The van der Waals surface area contributed by atoms with Gasteiger partial charge in [0.2, 0.25) is 0 Å². The molecule has 0 aliphatic heterocycles. The summed E-state index contributed by atoms with van der Waals surface area (Å²) in [5.74, 6) is -1.06. The second-order valence-electron chi connectivity index (χ2n) is 3.16. The van der Waals surface area contributed by atoms with Gasteiger partial charge in [-0.2, -0.15) is 0 Å². The Labute approximate surface area is 96.0 Å². The van der Waals surface area contributed by atoms with Gasteiger partial charge < -0.3 is 14.3 Å². The van der Waals surface area contributed by atoms with Crippen LogP contribution in [0.3, 0.4) is 0 Å². The molecule has 7 heteroatoms. The molecule has 0 radical (unpaired) electrons. The fraction of sp³-hybridized carbons (Fsp3) is 0.222. The summed E-state index contributed by atoms with van der Waals surface area (Å²) in [5, 5.41) is 0. The molecule has 1 aromatic carbocycles. The molecule has 1 aromatic rings. The van der Waals surface area contributed by atoms with Gasteiger partial charge >= 0.3 is 13.8 Å². The van der Waals surface area contributed by atoms with Gasteiger partial charge in [-0.15, -0.1) is 0 Å². The summed E-state index contributed by atoms with van der Waals surface area (Å²) in [6.45, 7) is 0. The third-order valence-electron chi connectivity index (χ3n) is 1.75. The lowest BCUT2D eigenvalue weighted by molar-refractivity contribution is -0.214. The Morgan fingerprint density at radius 3 is 2.50 bits per heavy atom. The molecule has 5 nitrogen and oxygen atoms in total.